The van der Waals surface area contributed by atoms with E-state index in [1.54, 1.807) is 0 Å². The maximum Gasteiger partial charge on any atom is 0.270 e. The van der Waals surface area contributed by atoms with Crippen molar-refractivity contribution in [2.24, 2.45) is 0 Å². The van der Waals surface area contributed by atoms with Crippen LogP contribution < -0.4 is 0 Å². The van der Waals surface area contributed by atoms with E-state index < -0.39 is 0 Å². The van der Waals surface area contributed by atoms with Crippen molar-refractivity contribution in [3.05, 3.63) is 57.9 Å². The van der Waals surface area contributed by atoms with Crippen LogP contribution in [0.5, 0.6) is 0 Å². The molecule has 0 unspecified atom stereocenters. The predicted octanol–water partition coefficient (Wildman–Crippen LogP) is 4.51. The molecule has 0 aliphatic heterocycles. The fourth-order valence-corrected chi connectivity index (χ4v) is 4.02. The number of aromatic nitrogens is 1. The zero-order valence-electron chi connectivity index (χ0n) is 16.1. The van der Waals surface area contributed by atoms with E-state index in [2.05, 4.69) is 49.6 Å². The smallest absolute Gasteiger partial charge is 0.270 e. The molecule has 3 rings (SSSR count). The maximum atomic E-state index is 13.1. The summed E-state index contributed by atoms with van der Waals surface area (Å²) in [6.07, 6.45) is 5.65. The Bertz CT molecular complexity index is 755. The fraction of sp³-hybridized carbons (Fsp3) is 0.500. The molecule has 0 radical (unpaired) electrons. The molecule has 0 bridgehead atoms. The molecule has 0 atom stereocenters. The fourth-order valence-electron chi connectivity index (χ4n) is 4.02. The van der Waals surface area contributed by atoms with Gasteiger partial charge in [0.1, 0.15) is 5.69 Å². The monoisotopic (exact) mass is 338 g/mol. The lowest BCUT2D eigenvalue weighted by atomic mass is 9.95. The van der Waals surface area contributed by atoms with Gasteiger partial charge in [0.05, 0.1) is 0 Å². The molecule has 3 heteroatoms. The lowest BCUT2D eigenvalue weighted by Gasteiger charge is -2.20. The number of nitrogens with zero attached hydrogens (tertiary/aromatic N) is 2. The Morgan fingerprint density at radius 2 is 1.80 bits per heavy atom. The van der Waals surface area contributed by atoms with Crippen LogP contribution in [0.1, 0.15) is 64.6 Å². The number of amides is 1. The van der Waals surface area contributed by atoms with E-state index in [9.17, 15) is 4.79 Å². The minimum absolute atomic E-state index is 0.167. The maximum absolute atomic E-state index is 13.1. The van der Waals surface area contributed by atoms with E-state index in [-0.39, 0.29) is 5.91 Å². The summed E-state index contributed by atoms with van der Waals surface area (Å²) in [6.45, 7) is 7.96. The molecule has 1 aromatic heterocycles. The quantitative estimate of drug-likeness (QED) is 0.787. The van der Waals surface area contributed by atoms with Crippen LogP contribution in [0, 0.1) is 13.8 Å². The lowest BCUT2D eigenvalue weighted by Crippen LogP contribution is -2.30. The summed E-state index contributed by atoms with van der Waals surface area (Å²) >= 11 is 0. The Kier molecular flexibility index (Phi) is 5.31. The highest BCUT2D eigenvalue weighted by Crippen LogP contribution is 2.31. The third kappa shape index (κ3) is 3.51. The molecule has 3 nitrogen and oxygen atoms in total. The summed E-state index contributed by atoms with van der Waals surface area (Å²) in [6, 6.07) is 8.68. The summed E-state index contributed by atoms with van der Waals surface area (Å²) in [7, 11) is 1.92. The number of carbonyl (C=O) groups is 1. The molecule has 1 aliphatic carbocycles. The van der Waals surface area contributed by atoms with Crippen LogP contribution in [0.15, 0.2) is 24.3 Å². The van der Waals surface area contributed by atoms with E-state index in [1.807, 2.05) is 11.9 Å². The van der Waals surface area contributed by atoms with E-state index in [0.29, 0.717) is 0 Å². The molecule has 0 N–H and O–H groups in total. The molecule has 0 saturated heterocycles. The molecule has 0 spiro atoms. The highest BCUT2D eigenvalue weighted by atomic mass is 16.2. The first-order chi connectivity index (χ1) is 12.0. The molecular weight excluding hydrogens is 308 g/mol. The third-order valence-corrected chi connectivity index (χ3v) is 5.41. The number of fused-ring (bicyclic) bond motifs is 1. The minimum atomic E-state index is 0.167. The van der Waals surface area contributed by atoms with E-state index in [1.165, 1.54) is 40.8 Å². The SMILES string of the molecule is CCCN(C)C(=O)c1c(C)c2c(n1Cc1ccc(C)cc1)CCCC2. The average Bonchev–Trinajstić information content (AvgIpc) is 2.89. The van der Waals surface area contributed by atoms with Gasteiger partial charge in [0.2, 0.25) is 0 Å². The molecule has 134 valence electrons. The highest BCUT2D eigenvalue weighted by molar-refractivity contribution is 5.95. The van der Waals surface area contributed by atoms with Crippen molar-refractivity contribution in [1.29, 1.82) is 0 Å². The molecule has 0 saturated carbocycles. The van der Waals surface area contributed by atoms with E-state index in [0.717, 1.165) is 38.0 Å². The minimum Gasteiger partial charge on any atom is -0.340 e. The van der Waals surface area contributed by atoms with Crippen LogP contribution in [0.25, 0.3) is 0 Å². The number of carbonyl (C=O) groups excluding carboxylic acids is 1. The molecule has 25 heavy (non-hydrogen) atoms. The van der Waals surface area contributed by atoms with Crippen molar-refractivity contribution in [2.45, 2.75) is 59.4 Å². The van der Waals surface area contributed by atoms with Crippen molar-refractivity contribution >= 4 is 5.91 Å². The molecular formula is C22H30N2O. The van der Waals surface area contributed by atoms with Gasteiger partial charge in [-0.05, 0) is 62.6 Å². The first-order valence-corrected chi connectivity index (χ1v) is 9.54. The number of aryl methyl sites for hydroxylation is 1. The molecule has 2 aromatic rings. The molecule has 1 amide bonds. The lowest BCUT2D eigenvalue weighted by molar-refractivity contribution is 0.0784. The van der Waals surface area contributed by atoms with Crippen molar-refractivity contribution in [3.63, 3.8) is 0 Å². The first-order valence-electron chi connectivity index (χ1n) is 9.54. The van der Waals surface area contributed by atoms with Crippen LogP contribution in [-0.2, 0) is 19.4 Å². The molecule has 1 aromatic carbocycles. The number of benzene rings is 1. The predicted molar refractivity (Wildman–Crippen MR) is 103 cm³/mol. The Morgan fingerprint density at radius 1 is 1.12 bits per heavy atom. The van der Waals surface area contributed by atoms with Gasteiger partial charge in [-0.15, -0.1) is 0 Å². The zero-order valence-corrected chi connectivity index (χ0v) is 16.1. The summed E-state index contributed by atoms with van der Waals surface area (Å²) in [5.74, 6) is 0.167. The van der Waals surface area contributed by atoms with Crippen LogP contribution in [-0.4, -0.2) is 29.0 Å². The first kappa shape index (κ1) is 17.8. The summed E-state index contributed by atoms with van der Waals surface area (Å²) in [5.41, 5.74) is 7.46. The summed E-state index contributed by atoms with van der Waals surface area (Å²) < 4.78 is 2.31. The Hall–Kier alpha value is -2.03. The van der Waals surface area contributed by atoms with Gasteiger partial charge in [-0.25, -0.2) is 0 Å². The number of hydrogen-bond donors (Lipinski definition) is 0. The van der Waals surface area contributed by atoms with Crippen molar-refractivity contribution in [3.8, 4) is 0 Å². The van der Waals surface area contributed by atoms with Gasteiger partial charge < -0.3 is 9.47 Å². The van der Waals surface area contributed by atoms with Crippen LogP contribution >= 0.6 is 0 Å². The Labute approximate surface area is 151 Å². The zero-order chi connectivity index (χ0) is 18.0. The van der Waals surface area contributed by atoms with Crippen molar-refractivity contribution in [2.75, 3.05) is 13.6 Å². The summed E-state index contributed by atoms with van der Waals surface area (Å²) in [4.78, 5) is 15.0. The highest BCUT2D eigenvalue weighted by Gasteiger charge is 2.27. The van der Waals surface area contributed by atoms with Gasteiger partial charge in [0, 0.05) is 25.8 Å². The van der Waals surface area contributed by atoms with Crippen LogP contribution in [0.4, 0.5) is 0 Å². The van der Waals surface area contributed by atoms with Crippen LogP contribution in [0.2, 0.25) is 0 Å². The van der Waals surface area contributed by atoms with E-state index >= 15 is 0 Å². The van der Waals surface area contributed by atoms with Gasteiger partial charge in [-0.2, -0.15) is 0 Å². The third-order valence-electron chi connectivity index (χ3n) is 5.41. The van der Waals surface area contributed by atoms with Crippen LogP contribution in [0.3, 0.4) is 0 Å². The molecule has 1 aliphatic rings. The van der Waals surface area contributed by atoms with Crippen molar-refractivity contribution < 1.29 is 4.79 Å². The second kappa shape index (κ2) is 7.47. The second-order valence-electron chi connectivity index (χ2n) is 7.40. The topological polar surface area (TPSA) is 25.2 Å². The van der Waals surface area contributed by atoms with Gasteiger partial charge >= 0.3 is 0 Å². The van der Waals surface area contributed by atoms with Crippen molar-refractivity contribution in [1.82, 2.24) is 9.47 Å². The normalized spacial score (nSPS) is 13.6. The second-order valence-corrected chi connectivity index (χ2v) is 7.40. The largest absolute Gasteiger partial charge is 0.340 e. The Balaban J connectivity index is 2.05. The number of hydrogen-bond acceptors (Lipinski definition) is 1. The Morgan fingerprint density at radius 3 is 2.48 bits per heavy atom. The van der Waals surface area contributed by atoms with Gasteiger partial charge in [-0.3, -0.25) is 4.79 Å². The molecule has 0 fully saturated rings. The number of rotatable bonds is 5. The van der Waals surface area contributed by atoms with Gasteiger partial charge in [-0.1, -0.05) is 36.8 Å². The summed E-state index contributed by atoms with van der Waals surface area (Å²) in [5, 5.41) is 0. The van der Waals surface area contributed by atoms with E-state index in [4.69, 9.17) is 0 Å². The standard InChI is InChI=1S/C22H30N2O/c1-5-14-23(4)22(25)21-17(3)19-8-6-7-9-20(19)24(21)15-18-12-10-16(2)11-13-18/h10-13H,5-9,14-15H2,1-4H3. The van der Waals surface area contributed by atoms with Gasteiger partial charge in [0.15, 0.2) is 0 Å². The van der Waals surface area contributed by atoms with Gasteiger partial charge in [0.25, 0.3) is 5.91 Å². The average molecular weight is 338 g/mol. The molecule has 1 heterocycles.